The largest absolute Gasteiger partial charge is 0.303 e. The van der Waals surface area contributed by atoms with Crippen LogP contribution in [-0.2, 0) is 6.54 Å². The van der Waals surface area contributed by atoms with Crippen LogP contribution in [0.4, 0.5) is 0 Å². The quantitative estimate of drug-likeness (QED) is 0.864. The molecule has 0 saturated heterocycles. The summed E-state index contributed by atoms with van der Waals surface area (Å²) in [6, 6.07) is 9.09. The molecule has 0 saturated carbocycles. The van der Waals surface area contributed by atoms with Crippen molar-refractivity contribution in [1.29, 1.82) is 0 Å². The SMILES string of the molecule is CC1CCC(NCc2nn[nH]n2)c2ccccc21. The van der Waals surface area contributed by atoms with Crippen LogP contribution < -0.4 is 5.32 Å². The van der Waals surface area contributed by atoms with E-state index in [0.717, 1.165) is 6.42 Å². The van der Waals surface area contributed by atoms with Crippen molar-refractivity contribution in [2.75, 3.05) is 0 Å². The van der Waals surface area contributed by atoms with Gasteiger partial charge in [0, 0.05) is 6.04 Å². The van der Waals surface area contributed by atoms with Gasteiger partial charge in [-0.25, -0.2) is 0 Å². The molecule has 0 amide bonds. The first-order chi connectivity index (χ1) is 8.84. The summed E-state index contributed by atoms with van der Waals surface area (Å²) in [7, 11) is 0. The molecule has 5 nitrogen and oxygen atoms in total. The van der Waals surface area contributed by atoms with Crippen LogP contribution in [0.15, 0.2) is 24.3 Å². The van der Waals surface area contributed by atoms with Gasteiger partial charge in [-0.3, -0.25) is 0 Å². The molecule has 1 aliphatic rings. The Bertz CT molecular complexity index is 508. The van der Waals surface area contributed by atoms with Crippen molar-refractivity contribution < 1.29 is 0 Å². The molecular weight excluding hydrogens is 226 g/mol. The molecule has 1 heterocycles. The average molecular weight is 243 g/mol. The number of aromatic nitrogens is 4. The molecule has 94 valence electrons. The molecule has 5 heteroatoms. The predicted octanol–water partition coefficient (Wildman–Crippen LogP) is 1.93. The van der Waals surface area contributed by atoms with Gasteiger partial charge in [-0.15, -0.1) is 10.2 Å². The van der Waals surface area contributed by atoms with Gasteiger partial charge in [0.2, 0.25) is 0 Å². The fourth-order valence-electron chi connectivity index (χ4n) is 2.69. The second-order valence-corrected chi connectivity index (χ2v) is 4.87. The summed E-state index contributed by atoms with van der Waals surface area (Å²) in [5.41, 5.74) is 2.88. The first-order valence-corrected chi connectivity index (χ1v) is 6.39. The third-order valence-electron chi connectivity index (χ3n) is 3.69. The monoisotopic (exact) mass is 243 g/mol. The summed E-state index contributed by atoms with van der Waals surface area (Å²) in [5, 5.41) is 17.5. The van der Waals surface area contributed by atoms with Gasteiger partial charge in [0.1, 0.15) is 0 Å². The number of H-pyrrole nitrogens is 1. The lowest BCUT2D eigenvalue weighted by atomic mass is 9.81. The van der Waals surface area contributed by atoms with E-state index in [0.29, 0.717) is 24.3 Å². The summed E-state index contributed by atoms with van der Waals surface area (Å²) in [4.78, 5) is 0. The fourth-order valence-corrected chi connectivity index (χ4v) is 2.69. The fraction of sp³-hybridized carbons (Fsp3) is 0.462. The minimum Gasteiger partial charge on any atom is -0.303 e. The Morgan fingerprint density at radius 1 is 1.28 bits per heavy atom. The zero-order valence-corrected chi connectivity index (χ0v) is 10.4. The molecule has 3 rings (SSSR count). The molecule has 0 radical (unpaired) electrons. The van der Waals surface area contributed by atoms with Gasteiger partial charge in [-0.1, -0.05) is 36.4 Å². The minimum absolute atomic E-state index is 0.399. The van der Waals surface area contributed by atoms with Crippen molar-refractivity contribution >= 4 is 0 Å². The highest BCUT2D eigenvalue weighted by Gasteiger charge is 2.23. The van der Waals surface area contributed by atoms with E-state index in [4.69, 9.17) is 0 Å². The Balaban J connectivity index is 1.76. The summed E-state index contributed by atoms with van der Waals surface area (Å²) in [6.07, 6.45) is 2.39. The first-order valence-electron chi connectivity index (χ1n) is 6.39. The van der Waals surface area contributed by atoms with Gasteiger partial charge in [0.15, 0.2) is 5.82 Å². The summed E-state index contributed by atoms with van der Waals surface area (Å²) >= 11 is 0. The summed E-state index contributed by atoms with van der Waals surface area (Å²) in [6.45, 7) is 2.96. The topological polar surface area (TPSA) is 66.5 Å². The van der Waals surface area contributed by atoms with E-state index in [9.17, 15) is 0 Å². The molecule has 2 N–H and O–H groups in total. The molecule has 0 aliphatic heterocycles. The number of hydrogen-bond acceptors (Lipinski definition) is 4. The van der Waals surface area contributed by atoms with Crippen LogP contribution in [0.5, 0.6) is 0 Å². The smallest absolute Gasteiger partial charge is 0.188 e. The van der Waals surface area contributed by atoms with Crippen molar-refractivity contribution in [1.82, 2.24) is 25.9 Å². The zero-order valence-electron chi connectivity index (χ0n) is 10.4. The van der Waals surface area contributed by atoms with E-state index < -0.39 is 0 Å². The number of nitrogens with one attached hydrogen (secondary N) is 2. The van der Waals surface area contributed by atoms with Crippen LogP contribution in [0.25, 0.3) is 0 Å². The lowest BCUT2D eigenvalue weighted by Gasteiger charge is -2.30. The number of benzene rings is 1. The molecule has 0 spiro atoms. The van der Waals surface area contributed by atoms with E-state index in [-0.39, 0.29) is 0 Å². The molecule has 0 fully saturated rings. The van der Waals surface area contributed by atoms with E-state index in [1.807, 2.05) is 0 Å². The Morgan fingerprint density at radius 2 is 2.11 bits per heavy atom. The maximum absolute atomic E-state index is 3.96. The standard InChI is InChI=1S/C13H17N5/c1-9-6-7-12(11-5-3-2-4-10(9)11)14-8-13-15-17-18-16-13/h2-5,9,12,14H,6-8H2,1H3,(H,15,16,17,18). The van der Waals surface area contributed by atoms with E-state index >= 15 is 0 Å². The summed E-state index contributed by atoms with van der Waals surface area (Å²) in [5.74, 6) is 1.37. The van der Waals surface area contributed by atoms with Crippen LogP contribution in [0, 0.1) is 0 Å². The highest BCUT2D eigenvalue weighted by atomic mass is 15.5. The van der Waals surface area contributed by atoms with Crippen molar-refractivity contribution in [3.63, 3.8) is 0 Å². The number of aromatic amines is 1. The van der Waals surface area contributed by atoms with E-state index in [1.54, 1.807) is 0 Å². The van der Waals surface area contributed by atoms with Crippen molar-refractivity contribution in [3.05, 3.63) is 41.2 Å². The molecule has 2 atom stereocenters. The molecular formula is C13H17N5. The van der Waals surface area contributed by atoms with Crippen LogP contribution in [-0.4, -0.2) is 20.6 Å². The number of nitrogens with zero attached hydrogens (tertiary/aromatic N) is 3. The second-order valence-electron chi connectivity index (χ2n) is 4.87. The summed E-state index contributed by atoms with van der Waals surface area (Å²) < 4.78 is 0. The molecule has 1 aromatic carbocycles. The van der Waals surface area contributed by atoms with Gasteiger partial charge >= 0.3 is 0 Å². The molecule has 0 bridgehead atoms. The van der Waals surface area contributed by atoms with Gasteiger partial charge in [-0.2, -0.15) is 5.21 Å². The molecule has 1 aromatic heterocycles. The molecule has 2 aromatic rings. The van der Waals surface area contributed by atoms with Crippen LogP contribution in [0.3, 0.4) is 0 Å². The van der Waals surface area contributed by atoms with E-state index in [1.165, 1.54) is 17.5 Å². The second kappa shape index (κ2) is 4.86. The highest BCUT2D eigenvalue weighted by molar-refractivity contribution is 5.34. The van der Waals surface area contributed by atoms with Crippen LogP contribution >= 0.6 is 0 Å². The van der Waals surface area contributed by atoms with Crippen molar-refractivity contribution in [2.24, 2.45) is 0 Å². The average Bonchev–Trinajstić information content (AvgIpc) is 2.92. The number of rotatable bonds is 3. The lowest BCUT2D eigenvalue weighted by molar-refractivity contribution is 0.426. The van der Waals surface area contributed by atoms with Gasteiger partial charge in [0.05, 0.1) is 6.54 Å². The Labute approximate surface area is 106 Å². The number of hydrogen-bond donors (Lipinski definition) is 2. The predicted molar refractivity (Wildman–Crippen MR) is 67.8 cm³/mol. The van der Waals surface area contributed by atoms with Crippen LogP contribution in [0.2, 0.25) is 0 Å². The lowest BCUT2D eigenvalue weighted by Crippen LogP contribution is -2.26. The van der Waals surface area contributed by atoms with E-state index in [2.05, 4.69) is 57.1 Å². The highest BCUT2D eigenvalue weighted by Crippen LogP contribution is 2.36. The Hall–Kier alpha value is -1.75. The Kier molecular flexibility index (Phi) is 3.06. The van der Waals surface area contributed by atoms with Crippen LogP contribution in [0.1, 0.15) is 48.7 Å². The maximum atomic E-state index is 3.96. The normalized spacial score (nSPS) is 22.7. The van der Waals surface area contributed by atoms with Crippen molar-refractivity contribution in [3.8, 4) is 0 Å². The van der Waals surface area contributed by atoms with Crippen molar-refractivity contribution in [2.45, 2.75) is 38.3 Å². The minimum atomic E-state index is 0.399. The molecule has 2 unspecified atom stereocenters. The van der Waals surface area contributed by atoms with Gasteiger partial charge < -0.3 is 5.32 Å². The number of fused-ring (bicyclic) bond motifs is 1. The third kappa shape index (κ3) is 2.13. The maximum Gasteiger partial charge on any atom is 0.188 e. The zero-order chi connectivity index (χ0) is 12.4. The molecule has 18 heavy (non-hydrogen) atoms. The van der Waals surface area contributed by atoms with Gasteiger partial charge in [-0.05, 0) is 29.9 Å². The third-order valence-corrected chi connectivity index (χ3v) is 3.69. The number of tetrazole rings is 1. The molecule has 1 aliphatic carbocycles. The Morgan fingerprint density at radius 3 is 2.89 bits per heavy atom. The first kappa shape index (κ1) is 11.3. The van der Waals surface area contributed by atoms with Gasteiger partial charge in [0.25, 0.3) is 0 Å².